The molecular formula is C11H20N2O3. The molecule has 92 valence electrons. The summed E-state index contributed by atoms with van der Waals surface area (Å²) < 4.78 is 4.69. The highest BCUT2D eigenvalue weighted by molar-refractivity contribution is 5.80. The molecule has 2 N–H and O–H groups in total. The monoisotopic (exact) mass is 228 g/mol. The highest BCUT2D eigenvalue weighted by Crippen LogP contribution is 2.17. The highest BCUT2D eigenvalue weighted by Gasteiger charge is 2.31. The van der Waals surface area contributed by atoms with Gasteiger partial charge in [0.05, 0.1) is 18.9 Å². The van der Waals surface area contributed by atoms with Crippen molar-refractivity contribution in [2.45, 2.75) is 19.8 Å². The van der Waals surface area contributed by atoms with Crippen LogP contribution in [0.25, 0.3) is 0 Å². The second-order valence-corrected chi connectivity index (χ2v) is 4.10. The summed E-state index contributed by atoms with van der Waals surface area (Å²) in [5, 5.41) is 5.94. The van der Waals surface area contributed by atoms with Crippen LogP contribution in [-0.4, -0.2) is 38.6 Å². The summed E-state index contributed by atoms with van der Waals surface area (Å²) in [5.41, 5.74) is 0. The molecule has 2 atom stereocenters. The quantitative estimate of drug-likeness (QED) is 0.660. The number of nitrogens with one attached hydrogen (secondary N) is 2. The van der Waals surface area contributed by atoms with Crippen molar-refractivity contribution in [1.29, 1.82) is 0 Å². The Bertz CT molecular complexity index is 256. The van der Waals surface area contributed by atoms with E-state index in [9.17, 15) is 9.59 Å². The number of rotatable bonds is 4. The smallest absolute Gasteiger partial charge is 0.309 e. The summed E-state index contributed by atoms with van der Waals surface area (Å²) in [7, 11) is 1.38. The van der Waals surface area contributed by atoms with Crippen molar-refractivity contribution < 1.29 is 14.3 Å². The minimum absolute atomic E-state index is 0.0305. The van der Waals surface area contributed by atoms with E-state index in [4.69, 9.17) is 0 Å². The van der Waals surface area contributed by atoms with Gasteiger partial charge in [0.1, 0.15) is 0 Å². The van der Waals surface area contributed by atoms with E-state index in [1.165, 1.54) is 7.11 Å². The fraction of sp³-hybridized carbons (Fsp3) is 0.818. The van der Waals surface area contributed by atoms with Crippen LogP contribution in [0.15, 0.2) is 0 Å². The minimum atomic E-state index is -0.236. The van der Waals surface area contributed by atoms with Gasteiger partial charge in [-0.15, -0.1) is 0 Å². The molecule has 16 heavy (non-hydrogen) atoms. The number of amides is 1. The summed E-state index contributed by atoms with van der Waals surface area (Å²) in [6, 6.07) is 0. The van der Waals surface area contributed by atoms with Crippen molar-refractivity contribution in [2.75, 3.05) is 26.7 Å². The Hall–Kier alpha value is -1.10. The van der Waals surface area contributed by atoms with Gasteiger partial charge in [0.25, 0.3) is 0 Å². The van der Waals surface area contributed by atoms with Crippen LogP contribution in [0.5, 0.6) is 0 Å². The maximum atomic E-state index is 11.7. The van der Waals surface area contributed by atoms with Crippen LogP contribution >= 0.6 is 0 Å². The molecule has 1 amide bonds. The topological polar surface area (TPSA) is 67.4 Å². The minimum Gasteiger partial charge on any atom is -0.469 e. The van der Waals surface area contributed by atoms with Gasteiger partial charge in [-0.2, -0.15) is 0 Å². The Kier molecular flexibility index (Phi) is 5.25. The molecule has 1 heterocycles. The van der Waals surface area contributed by atoms with Gasteiger partial charge in [0, 0.05) is 19.6 Å². The van der Waals surface area contributed by atoms with Gasteiger partial charge in [-0.3, -0.25) is 9.59 Å². The van der Waals surface area contributed by atoms with Crippen LogP contribution in [0.1, 0.15) is 19.8 Å². The van der Waals surface area contributed by atoms with Crippen molar-refractivity contribution in [3.05, 3.63) is 0 Å². The lowest BCUT2D eigenvalue weighted by atomic mass is 9.90. The number of methoxy groups -OCH3 is 1. The van der Waals surface area contributed by atoms with Crippen LogP contribution in [0, 0.1) is 11.8 Å². The number of carbonyl (C=O) groups is 2. The van der Waals surface area contributed by atoms with Crippen molar-refractivity contribution >= 4 is 11.9 Å². The fourth-order valence-corrected chi connectivity index (χ4v) is 1.88. The fourth-order valence-electron chi connectivity index (χ4n) is 1.88. The van der Waals surface area contributed by atoms with Gasteiger partial charge in [-0.25, -0.2) is 0 Å². The zero-order valence-corrected chi connectivity index (χ0v) is 9.91. The van der Waals surface area contributed by atoms with Gasteiger partial charge in [-0.1, -0.05) is 6.92 Å². The average molecular weight is 228 g/mol. The maximum Gasteiger partial charge on any atom is 0.309 e. The van der Waals surface area contributed by atoms with Crippen molar-refractivity contribution in [2.24, 2.45) is 11.8 Å². The molecule has 0 spiro atoms. The second kappa shape index (κ2) is 6.48. The molecule has 0 aromatic carbocycles. The molecule has 0 aliphatic carbocycles. The van der Waals surface area contributed by atoms with Gasteiger partial charge >= 0.3 is 5.97 Å². The summed E-state index contributed by atoms with van der Waals surface area (Å²) in [6.07, 6.45) is 1.50. The Balaban J connectivity index is 2.43. The zero-order chi connectivity index (χ0) is 12.0. The lowest BCUT2D eigenvalue weighted by molar-refractivity contribution is -0.147. The van der Waals surface area contributed by atoms with Gasteiger partial charge < -0.3 is 15.4 Å². The predicted molar refractivity (Wildman–Crippen MR) is 59.8 cm³/mol. The molecule has 0 saturated carbocycles. The lowest BCUT2D eigenvalue weighted by Crippen LogP contribution is -2.46. The van der Waals surface area contributed by atoms with Gasteiger partial charge in [-0.05, 0) is 12.8 Å². The van der Waals surface area contributed by atoms with Crippen molar-refractivity contribution in [3.8, 4) is 0 Å². The van der Waals surface area contributed by atoms with Crippen LogP contribution in [0.3, 0.4) is 0 Å². The number of esters is 1. The Morgan fingerprint density at radius 3 is 2.69 bits per heavy atom. The molecule has 1 fully saturated rings. The molecule has 1 rings (SSSR count). The molecule has 0 unspecified atom stereocenters. The molecule has 5 heteroatoms. The third-order valence-electron chi connectivity index (χ3n) is 2.81. The van der Waals surface area contributed by atoms with Crippen molar-refractivity contribution in [1.82, 2.24) is 10.6 Å². The molecular weight excluding hydrogens is 208 g/mol. The molecule has 5 nitrogen and oxygen atoms in total. The Morgan fingerprint density at radius 2 is 2.06 bits per heavy atom. The summed E-state index contributed by atoms with van der Waals surface area (Å²) >= 11 is 0. The van der Waals surface area contributed by atoms with Gasteiger partial charge in [0.15, 0.2) is 0 Å². The third-order valence-corrected chi connectivity index (χ3v) is 2.81. The number of hydrogen-bond donors (Lipinski definition) is 2. The normalized spacial score (nSPS) is 24.9. The van der Waals surface area contributed by atoms with Crippen molar-refractivity contribution in [3.63, 3.8) is 0 Å². The first-order chi connectivity index (χ1) is 7.69. The van der Waals surface area contributed by atoms with E-state index in [2.05, 4.69) is 15.4 Å². The van der Waals surface area contributed by atoms with E-state index >= 15 is 0 Å². The molecule has 0 aromatic heterocycles. The first-order valence-electron chi connectivity index (χ1n) is 5.75. The number of carbonyl (C=O) groups excluding carboxylic acids is 2. The molecule has 1 aliphatic heterocycles. The lowest BCUT2D eigenvalue weighted by Gasteiger charge is -2.27. The summed E-state index contributed by atoms with van der Waals surface area (Å²) in [6.45, 7) is 3.95. The van der Waals surface area contributed by atoms with E-state index < -0.39 is 0 Å². The SMILES string of the molecule is CCCNC(=O)[C@H]1CNC[C@@H](C(=O)OC)C1. The summed E-state index contributed by atoms with van der Waals surface area (Å²) in [5.74, 6) is -0.524. The average Bonchev–Trinajstić information content (AvgIpc) is 2.35. The van der Waals surface area contributed by atoms with Gasteiger partial charge in [0.2, 0.25) is 5.91 Å². The van der Waals surface area contributed by atoms with Crippen LogP contribution in [0.4, 0.5) is 0 Å². The molecule has 0 bridgehead atoms. The summed E-state index contributed by atoms with van der Waals surface area (Å²) in [4.78, 5) is 23.1. The first kappa shape index (κ1) is 13.0. The van der Waals surface area contributed by atoms with E-state index in [-0.39, 0.29) is 23.7 Å². The van der Waals surface area contributed by atoms with E-state index in [1.54, 1.807) is 0 Å². The van der Waals surface area contributed by atoms with Crippen LogP contribution in [-0.2, 0) is 14.3 Å². The third kappa shape index (κ3) is 3.48. The molecule has 1 saturated heterocycles. The standard InChI is InChI=1S/C11H20N2O3/c1-3-4-13-10(14)8-5-9(7-12-6-8)11(15)16-2/h8-9,12H,3-7H2,1-2H3,(H,13,14)/t8-,9+/m1/s1. The van der Waals surface area contributed by atoms with E-state index in [1.807, 2.05) is 6.92 Å². The Labute approximate surface area is 95.9 Å². The van der Waals surface area contributed by atoms with E-state index in [0.717, 1.165) is 6.42 Å². The molecule has 0 aromatic rings. The van der Waals surface area contributed by atoms with E-state index in [0.29, 0.717) is 26.1 Å². The maximum absolute atomic E-state index is 11.7. The molecule has 0 radical (unpaired) electrons. The zero-order valence-electron chi connectivity index (χ0n) is 9.91. The number of piperidine rings is 1. The van der Waals surface area contributed by atoms with Crippen LogP contribution < -0.4 is 10.6 Å². The highest BCUT2D eigenvalue weighted by atomic mass is 16.5. The van der Waals surface area contributed by atoms with Crippen LogP contribution in [0.2, 0.25) is 0 Å². The largest absolute Gasteiger partial charge is 0.469 e. The number of ether oxygens (including phenoxy) is 1. The second-order valence-electron chi connectivity index (χ2n) is 4.10. The molecule has 1 aliphatic rings. The predicted octanol–water partition coefficient (Wildman–Crippen LogP) is -0.0887. The number of hydrogen-bond acceptors (Lipinski definition) is 4. The Morgan fingerprint density at radius 1 is 1.38 bits per heavy atom. The first-order valence-corrected chi connectivity index (χ1v) is 5.75.